The van der Waals surface area contributed by atoms with E-state index in [0.717, 1.165) is 43.3 Å². The molecule has 0 saturated carbocycles. The summed E-state index contributed by atoms with van der Waals surface area (Å²) in [5, 5.41) is 22.4. The monoisotopic (exact) mass is 455 g/mol. The normalized spacial score (nSPS) is 18.9. The summed E-state index contributed by atoms with van der Waals surface area (Å²) in [6, 6.07) is 4.57. The first-order valence-corrected chi connectivity index (χ1v) is 12.7. The summed E-state index contributed by atoms with van der Waals surface area (Å²) in [6.45, 7) is 10.1. The highest BCUT2D eigenvalue weighted by Gasteiger charge is 2.35. The third-order valence-electron chi connectivity index (χ3n) is 6.33. The Morgan fingerprint density at radius 1 is 1.28 bits per heavy atom. The molecular weight excluding hydrogens is 422 g/mol. The molecule has 2 aromatic rings. The number of pyridine rings is 1. The van der Waals surface area contributed by atoms with Gasteiger partial charge in [0.15, 0.2) is 0 Å². The molecule has 2 N–H and O–H groups in total. The van der Waals surface area contributed by atoms with Crippen molar-refractivity contribution >= 4 is 9.84 Å². The van der Waals surface area contributed by atoms with Gasteiger partial charge in [0.25, 0.3) is 0 Å². The number of phenols is 2. The fraction of sp³-hybridized carbons (Fsp3) is 0.423. The SMILES string of the molecule is C=C(C)C1CCC(C)=CC1c1c(O)cc(CCCCC)c(S(=O)(=O)c2cccnc2)c1O. The van der Waals surface area contributed by atoms with E-state index in [1.54, 1.807) is 6.07 Å². The molecule has 3 rings (SSSR count). The van der Waals surface area contributed by atoms with E-state index in [-0.39, 0.29) is 38.7 Å². The summed E-state index contributed by atoms with van der Waals surface area (Å²) in [5.74, 6) is -0.756. The van der Waals surface area contributed by atoms with Crippen LogP contribution in [-0.4, -0.2) is 23.6 Å². The summed E-state index contributed by atoms with van der Waals surface area (Å²) in [5.41, 5.74) is 2.79. The zero-order valence-corrected chi connectivity index (χ0v) is 20.0. The molecule has 0 bridgehead atoms. The molecule has 1 aromatic carbocycles. The lowest BCUT2D eigenvalue weighted by Crippen LogP contribution is -2.18. The molecule has 0 saturated heterocycles. The molecule has 0 fully saturated rings. The Bertz CT molecular complexity index is 1120. The zero-order chi connectivity index (χ0) is 23.5. The number of rotatable bonds is 8. The number of benzene rings is 1. The Kier molecular flexibility index (Phi) is 7.44. The van der Waals surface area contributed by atoms with Gasteiger partial charge in [-0.3, -0.25) is 4.98 Å². The van der Waals surface area contributed by atoms with E-state index in [0.29, 0.717) is 12.0 Å². The molecule has 1 aliphatic carbocycles. The van der Waals surface area contributed by atoms with Crippen LogP contribution < -0.4 is 0 Å². The molecular formula is C26H33NO4S. The molecule has 32 heavy (non-hydrogen) atoms. The van der Waals surface area contributed by atoms with E-state index in [4.69, 9.17) is 0 Å². The molecule has 2 atom stereocenters. The first-order valence-electron chi connectivity index (χ1n) is 11.2. The summed E-state index contributed by atoms with van der Waals surface area (Å²) >= 11 is 0. The van der Waals surface area contributed by atoms with Gasteiger partial charge in [-0.2, -0.15) is 0 Å². The van der Waals surface area contributed by atoms with Gasteiger partial charge in [-0.15, -0.1) is 0 Å². The maximum atomic E-state index is 13.6. The van der Waals surface area contributed by atoms with Gasteiger partial charge >= 0.3 is 0 Å². The van der Waals surface area contributed by atoms with Crippen molar-refractivity contribution in [1.82, 2.24) is 4.98 Å². The number of aromatic hydroxyl groups is 2. The number of hydrogen-bond donors (Lipinski definition) is 2. The van der Waals surface area contributed by atoms with Crippen LogP contribution in [0.1, 0.15) is 69.9 Å². The first-order chi connectivity index (χ1) is 15.2. The second-order valence-electron chi connectivity index (χ2n) is 8.83. The van der Waals surface area contributed by atoms with Crippen LogP contribution in [0.25, 0.3) is 0 Å². The molecule has 6 heteroatoms. The largest absolute Gasteiger partial charge is 0.507 e. The van der Waals surface area contributed by atoms with Crippen molar-refractivity contribution in [2.45, 2.75) is 75.0 Å². The van der Waals surface area contributed by atoms with Crippen LogP contribution >= 0.6 is 0 Å². The lowest BCUT2D eigenvalue weighted by atomic mass is 9.73. The molecule has 2 unspecified atom stereocenters. The minimum Gasteiger partial charge on any atom is -0.507 e. The van der Waals surface area contributed by atoms with Crippen molar-refractivity contribution in [3.05, 3.63) is 65.5 Å². The summed E-state index contributed by atoms with van der Waals surface area (Å²) < 4.78 is 27.2. The highest BCUT2D eigenvalue weighted by atomic mass is 32.2. The quantitative estimate of drug-likeness (QED) is 0.372. The summed E-state index contributed by atoms with van der Waals surface area (Å²) in [4.78, 5) is 3.86. The predicted octanol–water partition coefficient (Wildman–Crippen LogP) is 6.07. The Balaban J connectivity index is 2.26. The van der Waals surface area contributed by atoms with Gasteiger partial charge < -0.3 is 10.2 Å². The van der Waals surface area contributed by atoms with Gasteiger partial charge in [-0.05, 0) is 69.2 Å². The van der Waals surface area contributed by atoms with Gasteiger partial charge in [-0.1, -0.05) is 43.6 Å². The van der Waals surface area contributed by atoms with Crippen LogP contribution in [-0.2, 0) is 16.3 Å². The van der Waals surface area contributed by atoms with Crippen molar-refractivity contribution in [2.24, 2.45) is 5.92 Å². The van der Waals surface area contributed by atoms with Crippen LogP contribution in [0.15, 0.2) is 64.2 Å². The number of unbranched alkanes of at least 4 members (excludes halogenated alkanes) is 2. The van der Waals surface area contributed by atoms with Gasteiger partial charge in [0.2, 0.25) is 9.84 Å². The minimum atomic E-state index is -4.03. The van der Waals surface area contributed by atoms with Crippen molar-refractivity contribution in [3.8, 4) is 11.5 Å². The van der Waals surface area contributed by atoms with Crippen molar-refractivity contribution < 1.29 is 18.6 Å². The fourth-order valence-corrected chi connectivity index (χ4v) is 6.18. The Labute approximate surface area is 191 Å². The average molecular weight is 456 g/mol. The molecule has 0 spiro atoms. The number of aryl methyl sites for hydroxylation is 1. The topological polar surface area (TPSA) is 87.5 Å². The zero-order valence-electron chi connectivity index (χ0n) is 19.1. The fourth-order valence-electron chi connectivity index (χ4n) is 4.61. The minimum absolute atomic E-state index is 0.00962. The predicted molar refractivity (Wildman–Crippen MR) is 127 cm³/mol. The average Bonchev–Trinajstić information content (AvgIpc) is 2.74. The number of hydrogen-bond acceptors (Lipinski definition) is 5. The van der Waals surface area contributed by atoms with Gasteiger partial charge in [0.1, 0.15) is 16.4 Å². The van der Waals surface area contributed by atoms with Crippen molar-refractivity contribution in [2.75, 3.05) is 0 Å². The maximum absolute atomic E-state index is 13.6. The summed E-state index contributed by atoms with van der Waals surface area (Å²) in [6.07, 6.45) is 9.69. The Morgan fingerprint density at radius 2 is 2.03 bits per heavy atom. The molecule has 1 heterocycles. The van der Waals surface area contributed by atoms with E-state index in [1.165, 1.54) is 24.5 Å². The number of allylic oxidation sites excluding steroid dienone is 3. The number of nitrogens with zero attached hydrogens (tertiary/aromatic N) is 1. The third-order valence-corrected chi connectivity index (χ3v) is 8.18. The van der Waals surface area contributed by atoms with Crippen LogP contribution in [0.3, 0.4) is 0 Å². The van der Waals surface area contributed by atoms with E-state index in [2.05, 4.69) is 18.5 Å². The smallest absolute Gasteiger partial charge is 0.212 e. The van der Waals surface area contributed by atoms with Crippen LogP contribution in [0.5, 0.6) is 11.5 Å². The van der Waals surface area contributed by atoms with Gasteiger partial charge in [-0.25, -0.2) is 8.42 Å². The molecule has 172 valence electrons. The highest BCUT2D eigenvalue weighted by Crippen LogP contribution is 2.49. The number of phenolic OH excluding ortho intramolecular Hbond substituents is 2. The molecule has 1 aliphatic rings. The lowest BCUT2D eigenvalue weighted by Gasteiger charge is -2.32. The molecule has 0 aliphatic heterocycles. The standard InChI is InChI=1S/C26H33NO4S/c1-5-6-7-9-19-15-23(28)24(22-14-18(4)11-12-21(22)17(2)3)25(29)26(19)32(30,31)20-10-8-13-27-16-20/h8,10,13-16,21-22,28-29H,2,5-7,9,11-12H2,1,3-4H3. The van der Waals surface area contributed by atoms with Gasteiger partial charge in [0, 0.05) is 23.9 Å². The van der Waals surface area contributed by atoms with Crippen LogP contribution in [0, 0.1) is 5.92 Å². The van der Waals surface area contributed by atoms with E-state index < -0.39 is 9.84 Å². The lowest BCUT2D eigenvalue weighted by molar-refractivity contribution is 0.397. The van der Waals surface area contributed by atoms with Crippen molar-refractivity contribution in [3.63, 3.8) is 0 Å². The number of sulfone groups is 1. The van der Waals surface area contributed by atoms with E-state index in [1.807, 2.05) is 19.9 Å². The van der Waals surface area contributed by atoms with Crippen molar-refractivity contribution in [1.29, 1.82) is 0 Å². The Morgan fingerprint density at radius 3 is 2.66 bits per heavy atom. The van der Waals surface area contributed by atoms with E-state index >= 15 is 0 Å². The molecule has 1 aromatic heterocycles. The molecule has 0 radical (unpaired) electrons. The molecule has 0 amide bonds. The molecule has 5 nitrogen and oxygen atoms in total. The maximum Gasteiger partial charge on any atom is 0.212 e. The third kappa shape index (κ3) is 4.75. The second kappa shape index (κ2) is 9.90. The summed E-state index contributed by atoms with van der Waals surface area (Å²) in [7, 11) is -4.03. The number of aromatic nitrogens is 1. The second-order valence-corrected chi connectivity index (χ2v) is 10.7. The van der Waals surface area contributed by atoms with Crippen LogP contribution in [0.2, 0.25) is 0 Å². The first kappa shape index (κ1) is 24.1. The van der Waals surface area contributed by atoms with Gasteiger partial charge in [0.05, 0.1) is 4.90 Å². The van der Waals surface area contributed by atoms with Crippen LogP contribution in [0.4, 0.5) is 0 Å². The Hall–Kier alpha value is -2.60. The van der Waals surface area contributed by atoms with E-state index in [9.17, 15) is 18.6 Å². The highest BCUT2D eigenvalue weighted by molar-refractivity contribution is 7.91.